The maximum Gasteiger partial charge on any atom is 0.0331 e. The summed E-state index contributed by atoms with van der Waals surface area (Å²) in [6, 6.07) is 0. The van der Waals surface area contributed by atoms with Gasteiger partial charge in [-0.2, -0.15) is 0 Å². The smallest absolute Gasteiger partial charge is 0.0331 e. The third-order valence-corrected chi connectivity index (χ3v) is 8.25. The quantitative estimate of drug-likeness (QED) is 0.279. The van der Waals surface area contributed by atoms with Gasteiger partial charge in [0.05, 0.1) is 0 Å². The van der Waals surface area contributed by atoms with E-state index >= 15 is 0 Å². The van der Waals surface area contributed by atoms with E-state index in [0.717, 1.165) is 37.4 Å². The van der Waals surface area contributed by atoms with E-state index in [1.165, 1.54) is 19.3 Å². The fraction of sp³-hybridized carbons (Fsp3) is 1.00. The van der Waals surface area contributed by atoms with Crippen LogP contribution in [0.1, 0.15) is 47.0 Å². The van der Waals surface area contributed by atoms with Gasteiger partial charge in [-0.1, -0.05) is 43.9 Å². The van der Waals surface area contributed by atoms with Crippen molar-refractivity contribution in [3.05, 3.63) is 0 Å². The van der Waals surface area contributed by atoms with Gasteiger partial charge in [-0.25, -0.2) is 0 Å². The highest BCUT2D eigenvalue weighted by Crippen LogP contribution is 2.43. The molecule has 2 nitrogen and oxygen atoms in total. The lowest BCUT2D eigenvalue weighted by Gasteiger charge is -2.29. The molecule has 22 heavy (non-hydrogen) atoms. The largest absolute Gasteiger partial charge is 0.315 e. The first kappa shape index (κ1) is 26.3. The molecule has 0 radical (unpaired) electrons. The van der Waals surface area contributed by atoms with Gasteiger partial charge in [0, 0.05) is 27.9 Å². The number of halogens is 3. The molecule has 0 aromatic heterocycles. The van der Waals surface area contributed by atoms with Gasteiger partial charge in [-0.15, -0.1) is 34.0 Å². The molecule has 1 aliphatic rings. The summed E-state index contributed by atoms with van der Waals surface area (Å²) < 4.78 is 0.597. The fourth-order valence-corrected chi connectivity index (χ4v) is 5.12. The number of rotatable bonds is 4. The molecule has 0 aromatic carbocycles. The van der Waals surface area contributed by atoms with Crippen molar-refractivity contribution in [2.75, 3.05) is 31.5 Å². The second kappa shape index (κ2) is 13.3. The highest BCUT2D eigenvalue weighted by atomic mass is 79.9. The van der Waals surface area contributed by atoms with Crippen molar-refractivity contribution >= 4 is 71.5 Å². The summed E-state index contributed by atoms with van der Waals surface area (Å²) in [5.74, 6) is 0.758. The van der Waals surface area contributed by atoms with E-state index in [1.807, 2.05) is 21.6 Å². The molecule has 1 saturated heterocycles. The topological polar surface area (TPSA) is 24.1 Å². The molecule has 0 bridgehead atoms. The van der Waals surface area contributed by atoms with E-state index in [1.54, 1.807) is 0 Å². The van der Waals surface area contributed by atoms with Gasteiger partial charge in [-0.3, -0.25) is 0 Å². The van der Waals surface area contributed by atoms with Crippen molar-refractivity contribution in [1.29, 1.82) is 0 Å². The minimum Gasteiger partial charge on any atom is -0.315 e. The van der Waals surface area contributed by atoms with Gasteiger partial charge in [0.2, 0.25) is 0 Å². The van der Waals surface area contributed by atoms with Gasteiger partial charge < -0.3 is 10.6 Å². The molecule has 0 unspecified atom stereocenters. The first-order valence-corrected chi connectivity index (χ1v) is 11.0. The predicted octanol–water partition coefficient (Wildman–Crippen LogP) is 5.46. The molecular weight excluding hydrogens is 512 g/mol. The Balaban J connectivity index is 0. The summed E-state index contributed by atoms with van der Waals surface area (Å²) in [5, 5.41) is 8.52. The third kappa shape index (κ3) is 12.4. The lowest BCUT2D eigenvalue weighted by Crippen LogP contribution is -2.38. The fourth-order valence-electron chi connectivity index (χ4n) is 2.24. The summed E-state index contributed by atoms with van der Waals surface area (Å²) in [6.07, 6.45) is 3.95. The van der Waals surface area contributed by atoms with Crippen molar-refractivity contribution in [1.82, 2.24) is 10.6 Å². The van der Waals surface area contributed by atoms with Crippen molar-refractivity contribution in [2.45, 2.75) is 56.5 Å². The molecule has 1 heterocycles. The monoisotopic (exact) mass is 542 g/mol. The Bertz CT molecular complexity index is 258. The summed E-state index contributed by atoms with van der Waals surface area (Å²) in [7, 11) is 4.05. The van der Waals surface area contributed by atoms with Crippen LogP contribution < -0.4 is 10.6 Å². The van der Waals surface area contributed by atoms with Crippen molar-refractivity contribution in [2.24, 2.45) is 5.92 Å². The maximum absolute atomic E-state index is 3.69. The third-order valence-electron chi connectivity index (χ3n) is 3.46. The molecular formula is C15H33Br3N2S2. The average Bonchev–Trinajstić information content (AvgIpc) is 2.37. The molecule has 0 saturated carbocycles. The van der Waals surface area contributed by atoms with Crippen LogP contribution in [-0.4, -0.2) is 41.0 Å². The minimum absolute atomic E-state index is 0. The molecule has 0 aliphatic carbocycles. The molecule has 0 atom stereocenters. The Morgan fingerprint density at radius 2 is 1.36 bits per heavy atom. The van der Waals surface area contributed by atoms with Crippen molar-refractivity contribution < 1.29 is 0 Å². The van der Waals surface area contributed by atoms with Gasteiger partial charge >= 0.3 is 0 Å². The van der Waals surface area contributed by atoms with Gasteiger partial charge in [0.1, 0.15) is 0 Å². The van der Waals surface area contributed by atoms with E-state index in [9.17, 15) is 0 Å². The summed E-state index contributed by atoms with van der Waals surface area (Å²) in [6.45, 7) is 13.9. The van der Waals surface area contributed by atoms with Crippen LogP contribution in [0.4, 0.5) is 0 Å². The Morgan fingerprint density at radius 1 is 0.909 bits per heavy atom. The van der Waals surface area contributed by atoms with Crippen LogP contribution >= 0.6 is 71.5 Å². The molecule has 1 fully saturated rings. The van der Waals surface area contributed by atoms with E-state index in [4.69, 9.17) is 0 Å². The van der Waals surface area contributed by atoms with Crippen LogP contribution in [0, 0.1) is 5.92 Å². The molecule has 0 spiro atoms. The molecule has 2 N–H and O–H groups in total. The molecule has 0 amide bonds. The SMILES string of the molecule is Br.Br.CC1(C)CNCC(CCCCBr)CNCC(C)(C)SS1. The normalized spacial score (nSPS) is 22.8. The number of hydrogen-bond acceptors (Lipinski definition) is 4. The van der Waals surface area contributed by atoms with Crippen molar-refractivity contribution in [3.63, 3.8) is 0 Å². The van der Waals surface area contributed by atoms with Crippen LogP contribution in [0.5, 0.6) is 0 Å². The van der Waals surface area contributed by atoms with E-state index in [2.05, 4.69) is 54.3 Å². The van der Waals surface area contributed by atoms with Crippen molar-refractivity contribution in [3.8, 4) is 0 Å². The summed E-state index contributed by atoms with van der Waals surface area (Å²) >= 11 is 3.53. The van der Waals surface area contributed by atoms with Crippen LogP contribution in [0.2, 0.25) is 0 Å². The second-order valence-electron chi connectivity index (χ2n) is 7.00. The zero-order valence-electron chi connectivity index (χ0n) is 14.2. The highest BCUT2D eigenvalue weighted by Gasteiger charge is 2.27. The van der Waals surface area contributed by atoms with Crippen LogP contribution in [0.15, 0.2) is 0 Å². The Morgan fingerprint density at radius 3 is 1.77 bits per heavy atom. The summed E-state index contributed by atoms with van der Waals surface area (Å²) in [4.78, 5) is 0. The lowest BCUT2D eigenvalue weighted by molar-refractivity contribution is 0.395. The Labute approximate surface area is 174 Å². The second-order valence-corrected chi connectivity index (χ2v) is 11.3. The first-order chi connectivity index (χ1) is 9.35. The van der Waals surface area contributed by atoms with E-state index < -0.39 is 0 Å². The van der Waals surface area contributed by atoms with Gasteiger partial charge in [0.25, 0.3) is 0 Å². The highest BCUT2D eigenvalue weighted by molar-refractivity contribution is 9.09. The predicted molar refractivity (Wildman–Crippen MR) is 121 cm³/mol. The zero-order chi connectivity index (χ0) is 15.1. The molecule has 1 aliphatic heterocycles. The van der Waals surface area contributed by atoms with Crippen LogP contribution in [0.25, 0.3) is 0 Å². The molecule has 136 valence electrons. The van der Waals surface area contributed by atoms with Crippen LogP contribution in [-0.2, 0) is 0 Å². The number of nitrogens with one attached hydrogen (secondary N) is 2. The lowest BCUT2D eigenvalue weighted by atomic mass is 10.0. The zero-order valence-corrected chi connectivity index (χ0v) is 20.9. The number of hydrogen-bond donors (Lipinski definition) is 2. The maximum atomic E-state index is 3.69. The molecule has 7 heteroatoms. The molecule has 0 aromatic rings. The minimum atomic E-state index is 0. The Kier molecular flexibility index (Phi) is 15.9. The molecule has 1 rings (SSSR count). The van der Waals surface area contributed by atoms with Gasteiger partial charge in [-0.05, 0) is 59.5 Å². The number of alkyl halides is 1. The average molecular weight is 545 g/mol. The van der Waals surface area contributed by atoms with E-state index in [-0.39, 0.29) is 34.0 Å². The standard InChI is InChI=1S/C15H31BrN2S2.2BrH/c1-14(2)11-17-9-13(7-5-6-8-16)10-18-12-15(3,4)20-19-14;;/h13,17-18H,5-12H2,1-4H3;2*1H. The Hall–Kier alpha value is 2.06. The van der Waals surface area contributed by atoms with Crippen LogP contribution in [0.3, 0.4) is 0 Å². The van der Waals surface area contributed by atoms with Gasteiger partial charge in [0.15, 0.2) is 0 Å². The first-order valence-electron chi connectivity index (χ1n) is 7.69. The summed E-state index contributed by atoms with van der Waals surface area (Å²) in [5.41, 5.74) is 0. The van der Waals surface area contributed by atoms with E-state index in [0.29, 0.717) is 9.49 Å². The number of unbranched alkanes of at least 4 members (excludes halogenated alkanes) is 1.